The second-order valence-electron chi connectivity index (χ2n) is 6.34. The Morgan fingerprint density at radius 1 is 1.44 bits per heavy atom. The summed E-state index contributed by atoms with van der Waals surface area (Å²) in [6, 6.07) is 7.48. The zero-order valence-corrected chi connectivity index (χ0v) is 13.9. The molecule has 1 fully saturated rings. The Kier molecular flexibility index (Phi) is 3.35. The highest BCUT2D eigenvalue weighted by Gasteiger charge is 2.44. The normalized spacial score (nSPS) is 15.6. The van der Waals surface area contributed by atoms with Crippen LogP contribution in [0, 0.1) is 18.3 Å². The molecule has 3 aromatic heterocycles. The zero-order chi connectivity index (χ0) is 17.6. The van der Waals surface area contributed by atoms with Crippen LogP contribution < -0.4 is 0 Å². The van der Waals surface area contributed by atoms with E-state index in [-0.39, 0.29) is 11.6 Å². The van der Waals surface area contributed by atoms with Crippen molar-refractivity contribution in [2.45, 2.75) is 31.7 Å². The molecule has 0 N–H and O–H groups in total. The van der Waals surface area contributed by atoms with Gasteiger partial charge in [-0.2, -0.15) is 5.26 Å². The van der Waals surface area contributed by atoms with Crippen molar-refractivity contribution in [1.82, 2.24) is 15.0 Å². The molecule has 3 heterocycles. The molecule has 4 rings (SSSR count). The third-order valence-corrected chi connectivity index (χ3v) is 4.96. The van der Waals surface area contributed by atoms with Crippen molar-refractivity contribution in [2.24, 2.45) is 0 Å². The number of fused-ring (bicyclic) bond motifs is 1. The van der Waals surface area contributed by atoms with Crippen molar-refractivity contribution in [2.75, 3.05) is 7.05 Å². The molecule has 0 aromatic carbocycles. The molecule has 7 heteroatoms. The molecule has 0 saturated heterocycles. The minimum Gasteiger partial charge on any atom is -0.463 e. The Labute approximate surface area is 143 Å². The quantitative estimate of drug-likeness (QED) is 0.728. The first-order valence-electron chi connectivity index (χ1n) is 8.06. The molecule has 126 valence electrons. The molecule has 3 aromatic rings. The molecule has 0 atom stereocenters. The largest absolute Gasteiger partial charge is 0.463 e. The number of aromatic nitrogens is 2. The maximum Gasteiger partial charge on any atom is 0.259 e. The number of hydrogen-bond donors (Lipinski definition) is 0. The van der Waals surface area contributed by atoms with Gasteiger partial charge in [-0.3, -0.25) is 4.79 Å². The lowest BCUT2D eigenvalue weighted by atomic mass is 9.76. The summed E-state index contributed by atoms with van der Waals surface area (Å²) in [6.07, 6.45) is 3.86. The van der Waals surface area contributed by atoms with Gasteiger partial charge in [-0.05, 0) is 44.4 Å². The smallest absolute Gasteiger partial charge is 0.259 e. The third kappa shape index (κ3) is 2.22. The number of carbonyl (C=O) groups excluding carboxylic acids is 1. The Balaban J connectivity index is 1.86. The number of amides is 1. The first-order chi connectivity index (χ1) is 12.1. The molecule has 1 aliphatic rings. The number of aryl methyl sites for hydroxylation is 1. The molecule has 0 bridgehead atoms. The molecule has 1 saturated carbocycles. The highest BCUT2D eigenvalue weighted by Crippen LogP contribution is 2.38. The van der Waals surface area contributed by atoms with Crippen LogP contribution in [-0.2, 0) is 0 Å². The first kappa shape index (κ1) is 15.4. The average Bonchev–Trinajstić information content (AvgIpc) is 3.23. The number of nitrogens with zero attached hydrogens (tertiary/aromatic N) is 4. The van der Waals surface area contributed by atoms with E-state index < -0.39 is 5.54 Å². The van der Waals surface area contributed by atoms with Crippen molar-refractivity contribution >= 4 is 17.0 Å². The van der Waals surface area contributed by atoms with Gasteiger partial charge in [0, 0.05) is 7.05 Å². The molecule has 25 heavy (non-hydrogen) atoms. The second kappa shape index (κ2) is 5.45. The lowest BCUT2D eigenvalue weighted by molar-refractivity contribution is 0.0499. The average molecular weight is 336 g/mol. The van der Waals surface area contributed by atoms with E-state index in [9.17, 15) is 10.1 Å². The number of furan rings is 1. The van der Waals surface area contributed by atoms with Gasteiger partial charge in [-0.25, -0.2) is 4.98 Å². The summed E-state index contributed by atoms with van der Waals surface area (Å²) in [5.74, 6) is 0.291. The zero-order valence-electron chi connectivity index (χ0n) is 13.9. The van der Waals surface area contributed by atoms with Crippen LogP contribution in [0.2, 0.25) is 0 Å². The topological polar surface area (TPSA) is 96.2 Å². The van der Waals surface area contributed by atoms with Crippen molar-refractivity contribution < 1.29 is 13.7 Å². The van der Waals surface area contributed by atoms with Gasteiger partial charge >= 0.3 is 0 Å². The summed E-state index contributed by atoms with van der Waals surface area (Å²) in [5, 5.41) is 14.0. The summed E-state index contributed by atoms with van der Waals surface area (Å²) in [6.45, 7) is 1.76. The minimum absolute atomic E-state index is 0.243. The van der Waals surface area contributed by atoms with E-state index in [1.807, 2.05) is 0 Å². The van der Waals surface area contributed by atoms with Gasteiger partial charge in [0.15, 0.2) is 5.76 Å². The van der Waals surface area contributed by atoms with Crippen molar-refractivity contribution in [3.05, 3.63) is 35.7 Å². The molecule has 0 unspecified atom stereocenters. The van der Waals surface area contributed by atoms with Gasteiger partial charge in [0.1, 0.15) is 11.2 Å². The Hall–Kier alpha value is -3.14. The molecule has 1 amide bonds. The van der Waals surface area contributed by atoms with Crippen LogP contribution in [0.3, 0.4) is 0 Å². The highest BCUT2D eigenvalue weighted by atomic mass is 16.5. The molecular formula is C18H16N4O3. The van der Waals surface area contributed by atoms with Gasteiger partial charge in [-0.15, -0.1) is 0 Å². The van der Waals surface area contributed by atoms with Crippen LogP contribution in [0.5, 0.6) is 0 Å². The van der Waals surface area contributed by atoms with Crippen LogP contribution in [0.15, 0.2) is 33.4 Å². The Bertz CT molecular complexity index is 993. The van der Waals surface area contributed by atoms with Gasteiger partial charge in [0.05, 0.1) is 29.0 Å². The molecular weight excluding hydrogens is 320 g/mol. The summed E-state index contributed by atoms with van der Waals surface area (Å²) in [7, 11) is 1.67. The fraction of sp³-hybridized carbons (Fsp3) is 0.333. The first-order valence-corrected chi connectivity index (χ1v) is 8.06. The van der Waals surface area contributed by atoms with Crippen molar-refractivity contribution in [3.63, 3.8) is 0 Å². The van der Waals surface area contributed by atoms with Crippen LogP contribution in [0.25, 0.3) is 22.6 Å². The van der Waals surface area contributed by atoms with Gasteiger partial charge in [0.2, 0.25) is 0 Å². The van der Waals surface area contributed by atoms with Gasteiger partial charge < -0.3 is 13.8 Å². The summed E-state index contributed by atoms with van der Waals surface area (Å²) in [5.41, 5.74) is 1.04. The fourth-order valence-corrected chi connectivity index (χ4v) is 3.22. The van der Waals surface area contributed by atoms with E-state index >= 15 is 0 Å². The molecule has 0 radical (unpaired) electrons. The Morgan fingerprint density at radius 2 is 2.24 bits per heavy atom. The summed E-state index contributed by atoms with van der Waals surface area (Å²) < 4.78 is 10.7. The predicted molar refractivity (Wildman–Crippen MR) is 88.5 cm³/mol. The Morgan fingerprint density at radius 3 is 2.84 bits per heavy atom. The molecule has 7 nitrogen and oxygen atoms in total. The minimum atomic E-state index is -0.734. The third-order valence-electron chi connectivity index (χ3n) is 4.96. The number of pyridine rings is 1. The molecule has 0 spiro atoms. The number of nitriles is 1. The summed E-state index contributed by atoms with van der Waals surface area (Å²) >= 11 is 0. The van der Waals surface area contributed by atoms with Crippen molar-refractivity contribution in [1.29, 1.82) is 5.26 Å². The van der Waals surface area contributed by atoms with Crippen molar-refractivity contribution in [3.8, 4) is 17.5 Å². The SMILES string of the molecule is Cc1noc2nc(-c3ccco3)cc(C(=O)N(C)C3(C#N)CCC3)c12. The van der Waals surface area contributed by atoms with E-state index in [1.165, 1.54) is 4.90 Å². The van der Waals surface area contributed by atoms with Gasteiger partial charge in [0.25, 0.3) is 11.6 Å². The van der Waals surface area contributed by atoms with Crippen LogP contribution in [0.4, 0.5) is 0 Å². The van der Waals surface area contributed by atoms with Crippen LogP contribution >= 0.6 is 0 Å². The standard InChI is InChI=1S/C18H16N4O3/c1-11-15-12(17(23)22(2)18(10-19)6-4-7-18)9-13(14-5-3-8-24-14)20-16(15)25-21-11/h3,5,8-9H,4,6-7H2,1-2H3. The van der Waals surface area contributed by atoms with Gasteiger partial charge in [-0.1, -0.05) is 5.16 Å². The lowest BCUT2D eigenvalue weighted by Gasteiger charge is -2.43. The maximum atomic E-state index is 13.2. The number of rotatable bonds is 3. The van der Waals surface area contributed by atoms with Crippen LogP contribution in [0.1, 0.15) is 35.3 Å². The van der Waals surface area contributed by atoms with E-state index in [0.29, 0.717) is 40.9 Å². The summed E-state index contributed by atoms with van der Waals surface area (Å²) in [4.78, 5) is 19.1. The molecule has 1 aliphatic carbocycles. The highest BCUT2D eigenvalue weighted by molar-refractivity contribution is 6.07. The van der Waals surface area contributed by atoms with E-state index in [4.69, 9.17) is 8.94 Å². The van der Waals surface area contributed by atoms with E-state index in [1.54, 1.807) is 38.4 Å². The molecule has 0 aliphatic heterocycles. The van der Waals surface area contributed by atoms with E-state index in [0.717, 1.165) is 6.42 Å². The predicted octanol–water partition coefficient (Wildman–Crippen LogP) is 3.31. The second-order valence-corrected chi connectivity index (χ2v) is 6.34. The lowest BCUT2D eigenvalue weighted by Crippen LogP contribution is -2.53. The monoisotopic (exact) mass is 336 g/mol. The fourth-order valence-electron chi connectivity index (χ4n) is 3.22. The van der Waals surface area contributed by atoms with E-state index in [2.05, 4.69) is 16.2 Å². The number of hydrogen-bond acceptors (Lipinski definition) is 6. The van der Waals surface area contributed by atoms with Crippen LogP contribution in [-0.4, -0.2) is 33.5 Å². The maximum absolute atomic E-state index is 13.2. The number of carbonyl (C=O) groups is 1.